The summed E-state index contributed by atoms with van der Waals surface area (Å²) in [5, 5.41) is 9.84. The van der Waals surface area contributed by atoms with Gasteiger partial charge >= 0.3 is 0 Å². The highest BCUT2D eigenvalue weighted by Crippen LogP contribution is 2.25. The average molecular weight is 279 g/mol. The number of β-amino-alcohol motifs (C(OH)–C–C–N with tert-alkyl or cyclic N) is 1. The molecule has 0 amide bonds. The first-order valence-electron chi connectivity index (χ1n) is 7.18. The van der Waals surface area contributed by atoms with Gasteiger partial charge in [0.25, 0.3) is 0 Å². The zero-order chi connectivity index (χ0) is 14.5. The molecule has 0 saturated carbocycles. The van der Waals surface area contributed by atoms with E-state index in [1.165, 1.54) is 16.7 Å². The number of nitrogens with zero attached hydrogens (tertiary/aromatic N) is 1. The molecule has 20 heavy (non-hydrogen) atoms. The second-order valence-electron chi connectivity index (χ2n) is 5.59. The Morgan fingerprint density at radius 2 is 2.25 bits per heavy atom. The first-order chi connectivity index (χ1) is 9.60. The van der Waals surface area contributed by atoms with Gasteiger partial charge in [-0.3, -0.25) is 4.90 Å². The summed E-state index contributed by atoms with van der Waals surface area (Å²) in [5.41, 5.74) is 3.80. The maximum atomic E-state index is 9.84. The van der Waals surface area contributed by atoms with Gasteiger partial charge in [0.05, 0.1) is 25.4 Å². The molecule has 1 aromatic carbocycles. The standard InChI is InChI=1S/C16H25NO3/c1-12-4-5-15(13(2)8-12)16-10-17(6-7-20-16)9-14(18)11-19-3/h4-5,8,14,16,18H,6-7,9-11H2,1-3H3/t14-,16-/m0/s1. The average Bonchev–Trinajstić information content (AvgIpc) is 2.39. The van der Waals surface area contributed by atoms with E-state index in [2.05, 4.69) is 36.9 Å². The topological polar surface area (TPSA) is 41.9 Å². The first kappa shape index (κ1) is 15.4. The van der Waals surface area contributed by atoms with E-state index in [1.54, 1.807) is 7.11 Å². The summed E-state index contributed by atoms with van der Waals surface area (Å²) in [6, 6.07) is 6.48. The summed E-state index contributed by atoms with van der Waals surface area (Å²) >= 11 is 0. The maximum absolute atomic E-state index is 9.84. The van der Waals surface area contributed by atoms with Gasteiger partial charge in [-0.05, 0) is 25.0 Å². The molecule has 1 saturated heterocycles. The van der Waals surface area contributed by atoms with Crippen LogP contribution >= 0.6 is 0 Å². The van der Waals surface area contributed by atoms with Crippen molar-refractivity contribution in [3.05, 3.63) is 34.9 Å². The van der Waals surface area contributed by atoms with Crippen LogP contribution in [0, 0.1) is 13.8 Å². The van der Waals surface area contributed by atoms with Crippen molar-refractivity contribution in [3.63, 3.8) is 0 Å². The van der Waals surface area contributed by atoms with Crippen LogP contribution in [-0.2, 0) is 9.47 Å². The van der Waals surface area contributed by atoms with E-state index in [0.29, 0.717) is 19.8 Å². The number of aryl methyl sites for hydroxylation is 2. The molecule has 1 N–H and O–H groups in total. The van der Waals surface area contributed by atoms with Crippen molar-refractivity contribution in [1.82, 2.24) is 4.90 Å². The van der Waals surface area contributed by atoms with E-state index in [4.69, 9.17) is 9.47 Å². The number of ether oxygens (including phenoxy) is 2. The number of methoxy groups -OCH3 is 1. The van der Waals surface area contributed by atoms with Crippen molar-refractivity contribution in [2.75, 3.05) is 40.0 Å². The van der Waals surface area contributed by atoms with E-state index < -0.39 is 6.10 Å². The zero-order valence-electron chi connectivity index (χ0n) is 12.6. The second kappa shape index (κ2) is 7.18. The Morgan fingerprint density at radius 3 is 2.95 bits per heavy atom. The van der Waals surface area contributed by atoms with Gasteiger partial charge in [0.15, 0.2) is 0 Å². The predicted octanol–water partition coefficient (Wildman–Crippen LogP) is 1.68. The van der Waals surface area contributed by atoms with Crippen LogP contribution in [0.5, 0.6) is 0 Å². The fraction of sp³-hybridized carbons (Fsp3) is 0.625. The lowest BCUT2D eigenvalue weighted by molar-refractivity contribution is -0.0496. The van der Waals surface area contributed by atoms with Crippen LogP contribution in [0.4, 0.5) is 0 Å². The fourth-order valence-electron chi connectivity index (χ4n) is 2.79. The minimum absolute atomic E-state index is 0.0964. The number of benzene rings is 1. The van der Waals surface area contributed by atoms with Crippen LogP contribution < -0.4 is 0 Å². The number of hydrogen-bond donors (Lipinski definition) is 1. The summed E-state index contributed by atoms with van der Waals surface area (Å²) in [6.45, 7) is 7.64. The van der Waals surface area contributed by atoms with Gasteiger partial charge in [0.2, 0.25) is 0 Å². The molecule has 0 aromatic heterocycles. The largest absolute Gasteiger partial charge is 0.389 e. The van der Waals surface area contributed by atoms with Crippen molar-refractivity contribution in [2.24, 2.45) is 0 Å². The van der Waals surface area contributed by atoms with Gasteiger partial charge in [0, 0.05) is 26.7 Å². The van der Waals surface area contributed by atoms with Crippen molar-refractivity contribution in [1.29, 1.82) is 0 Å². The van der Waals surface area contributed by atoms with Crippen LogP contribution in [0.15, 0.2) is 18.2 Å². The molecule has 0 aliphatic carbocycles. The third kappa shape index (κ3) is 4.03. The molecule has 1 heterocycles. The summed E-state index contributed by atoms with van der Waals surface area (Å²) in [6.07, 6.45) is -0.336. The minimum Gasteiger partial charge on any atom is -0.389 e. The summed E-state index contributed by atoms with van der Waals surface area (Å²) in [4.78, 5) is 2.25. The first-order valence-corrected chi connectivity index (χ1v) is 7.18. The lowest BCUT2D eigenvalue weighted by Gasteiger charge is -2.34. The molecular formula is C16H25NO3. The van der Waals surface area contributed by atoms with Crippen LogP contribution in [0.1, 0.15) is 22.8 Å². The summed E-state index contributed by atoms with van der Waals surface area (Å²) < 4.78 is 10.9. The van der Waals surface area contributed by atoms with Gasteiger partial charge in [-0.15, -0.1) is 0 Å². The SMILES string of the molecule is COC[C@@H](O)CN1CCO[C@H](c2ccc(C)cc2C)C1. The zero-order valence-corrected chi connectivity index (χ0v) is 12.6. The molecule has 1 aromatic rings. The molecule has 2 atom stereocenters. The van der Waals surface area contributed by atoms with Crippen LogP contribution in [0.3, 0.4) is 0 Å². The molecule has 0 bridgehead atoms. The highest BCUT2D eigenvalue weighted by molar-refractivity contribution is 5.32. The lowest BCUT2D eigenvalue weighted by atomic mass is 10.00. The number of aliphatic hydroxyl groups excluding tert-OH is 1. The van der Waals surface area contributed by atoms with Gasteiger partial charge in [-0.2, -0.15) is 0 Å². The molecule has 2 rings (SSSR count). The minimum atomic E-state index is -0.433. The molecule has 4 heteroatoms. The Balaban J connectivity index is 1.99. The Labute approximate surface area is 121 Å². The summed E-state index contributed by atoms with van der Waals surface area (Å²) in [5.74, 6) is 0. The molecule has 0 spiro atoms. The fourth-order valence-corrected chi connectivity index (χ4v) is 2.79. The van der Waals surface area contributed by atoms with Crippen LogP contribution in [-0.4, -0.2) is 56.1 Å². The predicted molar refractivity (Wildman–Crippen MR) is 78.9 cm³/mol. The number of morpholine rings is 1. The molecular weight excluding hydrogens is 254 g/mol. The van der Waals surface area contributed by atoms with E-state index in [-0.39, 0.29) is 6.10 Å². The van der Waals surface area contributed by atoms with Crippen LogP contribution in [0.25, 0.3) is 0 Å². The molecule has 4 nitrogen and oxygen atoms in total. The Hall–Kier alpha value is -0.940. The van der Waals surface area contributed by atoms with Gasteiger partial charge < -0.3 is 14.6 Å². The number of rotatable bonds is 5. The third-order valence-corrected chi connectivity index (χ3v) is 3.75. The maximum Gasteiger partial charge on any atom is 0.0954 e. The lowest BCUT2D eigenvalue weighted by Crippen LogP contribution is -2.43. The van der Waals surface area contributed by atoms with E-state index >= 15 is 0 Å². The molecule has 1 aliphatic rings. The smallest absolute Gasteiger partial charge is 0.0954 e. The van der Waals surface area contributed by atoms with E-state index in [0.717, 1.165) is 13.1 Å². The van der Waals surface area contributed by atoms with Crippen LogP contribution in [0.2, 0.25) is 0 Å². The van der Waals surface area contributed by atoms with Crippen molar-refractivity contribution in [3.8, 4) is 0 Å². The third-order valence-electron chi connectivity index (χ3n) is 3.75. The molecule has 1 fully saturated rings. The Kier molecular flexibility index (Phi) is 5.54. The quantitative estimate of drug-likeness (QED) is 0.890. The van der Waals surface area contributed by atoms with Crippen molar-refractivity contribution in [2.45, 2.75) is 26.1 Å². The van der Waals surface area contributed by atoms with Gasteiger partial charge in [-0.25, -0.2) is 0 Å². The van der Waals surface area contributed by atoms with E-state index in [1.807, 2.05) is 0 Å². The number of hydrogen-bond acceptors (Lipinski definition) is 4. The second-order valence-corrected chi connectivity index (χ2v) is 5.59. The normalized spacial score (nSPS) is 21.9. The highest BCUT2D eigenvalue weighted by atomic mass is 16.5. The van der Waals surface area contributed by atoms with Gasteiger partial charge in [-0.1, -0.05) is 23.8 Å². The molecule has 0 radical (unpaired) electrons. The Bertz CT molecular complexity index is 436. The van der Waals surface area contributed by atoms with E-state index in [9.17, 15) is 5.11 Å². The monoisotopic (exact) mass is 279 g/mol. The number of aliphatic hydroxyl groups is 1. The van der Waals surface area contributed by atoms with Crippen molar-refractivity contribution >= 4 is 0 Å². The molecule has 0 unspecified atom stereocenters. The van der Waals surface area contributed by atoms with Gasteiger partial charge in [0.1, 0.15) is 0 Å². The van der Waals surface area contributed by atoms with Crippen molar-refractivity contribution < 1.29 is 14.6 Å². The molecule has 112 valence electrons. The summed E-state index contributed by atoms with van der Waals surface area (Å²) in [7, 11) is 1.61. The highest BCUT2D eigenvalue weighted by Gasteiger charge is 2.24. The molecule has 1 aliphatic heterocycles. The Morgan fingerprint density at radius 1 is 1.45 bits per heavy atom.